The van der Waals surface area contributed by atoms with Crippen molar-refractivity contribution >= 4 is 29.1 Å². The molecule has 1 N–H and O–H groups in total. The zero-order valence-electron chi connectivity index (χ0n) is 6.13. The number of carboxylic acid groups (broad SMARTS) is 1. The molecule has 0 unspecified atom stereocenters. The lowest BCUT2D eigenvalue weighted by Crippen LogP contribution is -2.10. The van der Waals surface area contributed by atoms with E-state index in [0.29, 0.717) is 11.3 Å². The lowest BCUT2D eigenvalue weighted by molar-refractivity contribution is -0.141. The van der Waals surface area contributed by atoms with E-state index in [9.17, 15) is 18.0 Å². The van der Waals surface area contributed by atoms with Crippen molar-refractivity contribution in [1.29, 1.82) is 0 Å². The topological polar surface area (TPSA) is 59.4 Å². The Kier molecular flexibility index (Phi) is 2.86. The lowest BCUT2D eigenvalue weighted by atomic mass is 10.5. The van der Waals surface area contributed by atoms with Gasteiger partial charge in [0.1, 0.15) is 0 Å². The average Bonchev–Trinajstić information content (AvgIpc) is 2.28. The van der Waals surface area contributed by atoms with Crippen molar-refractivity contribution in [2.45, 2.75) is 6.18 Å². The van der Waals surface area contributed by atoms with Crippen LogP contribution < -0.4 is 4.74 Å². The van der Waals surface area contributed by atoms with Crippen molar-refractivity contribution < 1.29 is 27.8 Å². The van der Waals surface area contributed by atoms with Gasteiger partial charge in [-0.2, -0.15) is 13.2 Å². The molecule has 1 heterocycles. The number of thiazole rings is 1. The molecule has 0 saturated heterocycles. The summed E-state index contributed by atoms with van der Waals surface area (Å²) >= 11 is 5.49. The van der Waals surface area contributed by atoms with Crippen LogP contribution >= 0.6 is 22.9 Å². The second-order valence-corrected chi connectivity index (χ2v) is 3.51. The Hall–Kier alpha value is -1.02. The molecule has 0 aliphatic carbocycles. The molecule has 4 nitrogen and oxygen atoms in total. The number of alkyl halides is 3. The van der Waals surface area contributed by atoms with Gasteiger partial charge in [0.25, 0.3) is 0 Å². The van der Waals surface area contributed by atoms with Crippen LogP contribution in [0.15, 0.2) is 0 Å². The van der Waals surface area contributed by atoms with E-state index in [0.717, 1.165) is 0 Å². The zero-order valence-corrected chi connectivity index (χ0v) is 7.70. The molecule has 78 valence electrons. The van der Waals surface area contributed by atoms with Gasteiger partial charge < -0.3 is 9.84 Å². The summed E-state index contributed by atoms with van der Waals surface area (Å²) in [5.41, 5.74) is -1.44. The second kappa shape index (κ2) is 3.62. The first kappa shape index (κ1) is 11.1. The summed E-state index contributed by atoms with van der Waals surface area (Å²) in [5.74, 6) is 0. The molecule has 0 aromatic carbocycles. The third kappa shape index (κ3) is 2.48. The third-order valence-electron chi connectivity index (χ3n) is 1.02. The van der Waals surface area contributed by atoms with Crippen LogP contribution in [0.5, 0.6) is 5.06 Å². The van der Waals surface area contributed by atoms with Gasteiger partial charge in [-0.25, -0.2) is 9.78 Å². The van der Waals surface area contributed by atoms with E-state index < -0.39 is 27.6 Å². The molecule has 0 saturated carbocycles. The number of halogens is 4. The highest BCUT2D eigenvalue weighted by molar-refractivity contribution is 7.17. The van der Waals surface area contributed by atoms with Crippen molar-refractivity contribution in [3.05, 3.63) is 10.2 Å². The molecular formula is C5HClF3NO3S. The fourth-order valence-electron chi connectivity index (χ4n) is 0.609. The Morgan fingerprint density at radius 1 is 1.57 bits per heavy atom. The minimum absolute atomic E-state index is 0.301. The number of hydrogen-bond donors (Lipinski definition) is 1. The smallest absolute Gasteiger partial charge is 0.449 e. The van der Waals surface area contributed by atoms with Crippen LogP contribution in [0.4, 0.5) is 18.0 Å². The molecule has 0 fully saturated rings. The fourth-order valence-corrected chi connectivity index (χ4v) is 1.56. The minimum atomic E-state index is -4.78. The first-order chi connectivity index (χ1) is 6.30. The highest BCUT2D eigenvalue weighted by Crippen LogP contribution is 2.40. The van der Waals surface area contributed by atoms with Crippen molar-refractivity contribution in [3.8, 4) is 5.06 Å². The number of carbonyl (C=O) groups is 1. The molecule has 0 amide bonds. The molecule has 1 rings (SSSR count). The van der Waals surface area contributed by atoms with Crippen LogP contribution in [0.1, 0.15) is 5.69 Å². The fraction of sp³-hybridized carbons (Fsp3) is 0.200. The standard InChI is InChI=1S/C5HClF3NO3S/c6-3-10-1(5(7,8)9)2(14-3)13-4(11)12/h(H,11,12). The van der Waals surface area contributed by atoms with Gasteiger partial charge in [0.2, 0.25) is 10.8 Å². The van der Waals surface area contributed by atoms with Crippen molar-refractivity contribution in [1.82, 2.24) is 4.98 Å². The number of nitrogens with zero attached hydrogens (tertiary/aromatic N) is 1. The quantitative estimate of drug-likeness (QED) is 0.775. The van der Waals surface area contributed by atoms with Gasteiger partial charge in [0.05, 0.1) is 0 Å². The highest BCUT2D eigenvalue weighted by atomic mass is 35.5. The SMILES string of the molecule is O=C(O)Oc1sc(Cl)nc1C(F)(F)F. The summed E-state index contributed by atoms with van der Waals surface area (Å²) < 4.78 is 39.8. The number of aromatic nitrogens is 1. The first-order valence-electron chi connectivity index (χ1n) is 2.95. The van der Waals surface area contributed by atoms with Crippen LogP contribution in [-0.2, 0) is 6.18 Å². The third-order valence-corrected chi connectivity index (χ3v) is 2.06. The number of hydrogen-bond acceptors (Lipinski definition) is 4. The van der Waals surface area contributed by atoms with E-state index in [1.807, 2.05) is 0 Å². The summed E-state index contributed by atoms with van der Waals surface area (Å²) in [4.78, 5) is 12.9. The molecule has 0 bridgehead atoms. The summed E-state index contributed by atoms with van der Waals surface area (Å²) in [7, 11) is 0. The Morgan fingerprint density at radius 3 is 2.57 bits per heavy atom. The number of rotatable bonds is 1. The molecule has 9 heteroatoms. The van der Waals surface area contributed by atoms with Crippen LogP contribution in [0.2, 0.25) is 4.47 Å². The van der Waals surface area contributed by atoms with Crippen molar-refractivity contribution in [2.75, 3.05) is 0 Å². The molecule has 0 spiro atoms. The van der Waals surface area contributed by atoms with Gasteiger partial charge in [-0.15, -0.1) is 0 Å². The maximum Gasteiger partial charge on any atom is 0.512 e. The van der Waals surface area contributed by atoms with Crippen molar-refractivity contribution in [2.24, 2.45) is 0 Å². The van der Waals surface area contributed by atoms with Crippen LogP contribution in [0, 0.1) is 0 Å². The molecule has 1 aromatic heterocycles. The molecule has 0 radical (unpaired) electrons. The predicted octanol–water partition coefficient (Wildman–Crippen LogP) is 2.87. The van der Waals surface area contributed by atoms with E-state index in [2.05, 4.69) is 9.72 Å². The maximum atomic E-state index is 12.1. The second-order valence-electron chi connectivity index (χ2n) is 1.97. The molecule has 0 aliphatic heterocycles. The summed E-state index contributed by atoms with van der Waals surface area (Å²) in [5, 5.41) is 7.23. The average molecular weight is 248 g/mol. The van der Waals surface area contributed by atoms with E-state index >= 15 is 0 Å². The lowest BCUT2D eigenvalue weighted by Gasteiger charge is -2.03. The van der Waals surface area contributed by atoms with E-state index in [1.54, 1.807) is 0 Å². The van der Waals surface area contributed by atoms with Gasteiger partial charge in [0.15, 0.2) is 4.47 Å². The Balaban J connectivity index is 3.09. The van der Waals surface area contributed by atoms with Gasteiger partial charge in [-0.05, 0) is 0 Å². The van der Waals surface area contributed by atoms with Crippen LogP contribution in [0.3, 0.4) is 0 Å². The largest absolute Gasteiger partial charge is 0.512 e. The molecule has 0 aliphatic rings. The number of ether oxygens (including phenoxy) is 1. The first-order valence-corrected chi connectivity index (χ1v) is 4.14. The van der Waals surface area contributed by atoms with Crippen LogP contribution in [0.25, 0.3) is 0 Å². The van der Waals surface area contributed by atoms with Crippen molar-refractivity contribution in [3.63, 3.8) is 0 Å². The molecule has 14 heavy (non-hydrogen) atoms. The highest BCUT2D eigenvalue weighted by Gasteiger charge is 2.39. The van der Waals surface area contributed by atoms with Crippen LogP contribution in [-0.4, -0.2) is 16.2 Å². The van der Waals surface area contributed by atoms with E-state index in [4.69, 9.17) is 16.7 Å². The molecule has 1 aromatic rings. The van der Waals surface area contributed by atoms with Gasteiger partial charge in [-0.1, -0.05) is 22.9 Å². The Morgan fingerprint density at radius 2 is 2.14 bits per heavy atom. The summed E-state index contributed by atoms with van der Waals surface area (Å²) in [6, 6.07) is 0. The van der Waals surface area contributed by atoms with Gasteiger partial charge in [-0.3, -0.25) is 0 Å². The Bertz CT molecular complexity index is 364. The normalized spacial score (nSPS) is 11.4. The molecular weight excluding hydrogens is 247 g/mol. The van der Waals surface area contributed by atoms with E-state index in [-0.39, 0.29) is 0 Å². The van der Waals surface area contributed by atoms with Gasteiger partial charge in [0, 0.05) is 0 Å². The summed E-state index contributed by atoms with van der Waals surface area (Å²) in [6.07, 6.45) is -6.63. The summed E-state index contributed by atoms with van der Waals surface area (Å²) in [6.45, 7) is 0. The van der Waals surface area contributed by atoms with Gasteiger partial charge >= 0.3 is 12.3 Å². The Labute approximate surface area is 83.9 Å². The zero-order chi connectivity index (χ0) is 10.9. The predicted molar refractivity (Wildman–Crippen MR) is 40.8 cm³/mol. The maximum absolute atomic E-state index is 12.1. The molecule has 0 atom stereocenters. The minimum Gasteiger partial charge on any atom is -0.449 e. The van der Waals surface area contributed by atoms with E-state index in [1.165, 1.54) is 0 Å². The monoisotopic (exact) mass is 247 g/mol.